The molecule has 0 bridgehead atoms. The summed E-state index contributed by atoms with van der Waals surface area (Å²) < 4.78 is 39.0. The van der Waals surface area contributed by atoms with Crippen molar-refractivity contribution in [3.8, 4) is 5.69 Å². The summed E-state index contributed by atoms with van der Waals surface area (Å²) in [7, 11) is 0. The van der Waals surface area contributed by atoms with Crippen molar-refractivity contribution in [3.05, 3.63) is 35.5 Å². The summed E-state index contributed by atoms with van der Waals surface area (Å²) >= 11 is 3.00. The smallest absolute Gasteiger partial charge is 0.124 e. The first kappa shape index (κ1) is 4.23. The van der Waals surface area contributed by atoms with E-state index in [1.807, 2.05) is 0 Å². The van der Waals surface area contributed by atoms with Crippen LogP contribution in [0.5, 0.6) is 0 Å². The second kappa shape index (κ2) is 3.18. The number of imidazole rings is 1. The van der Waals surface area contributed by atoms with Crippen molar-refractivity contribution in [3.63, 3.8) is 0 Å². The van der Waals surface area contributed by atoms with Gasteiger partial charge in [-0.05, 0) is 22.0 Å². The van der Waals surface area contributed by atoms with Gasteiger partial charge in [-0.15, -0.1) is 0 Å². The molecule has 66 valence electrons. The fourth-order valence-electron chi connectivity index (χ4n) is 0.801. The van der Waals surface area contributed by atoms with Gasteiger partial charge in [0.2, 0.25) is 0 Å². The molecule has 2 rings (SSSR count). The predicted molar refractivity (Wildman–Crippen MR) is 53.5 cm³/mol. The van der Waals surface area contributed by atoms with Gasteiger partial charge in [-0.1, -0.05) is 0 Å². The Hall–Kier alpha value is -1.36. The minimum Gasteiger partial charge on any atom is -0.397 e. The molecule has 2 aromatic heterocycles. The van der Waals surface area contributed by atoms with E-state index < -0.39 is 6.17 Å². The lowest BCUT2D eigenvalue weighted by Gasteiger charge is -2.03. The highest BCUT2D eigenvalue weighted by molar-refractivity contribution is 9.10. The number of nitrogens with two attached hydrogens (primary N) is 1. The average molecular weight is 244 g/mol. The first-order valence-electron chi connectivity index (χ1n) is 5.79. The van der Waals surface area contributed by atoms with E-state index in [4.69, 9.17) is 12.6 Å². The van der Waals surface area contributed by atoms with Crippen molar-refractivity contribution in [2.45, 2.75) is 0 Å². The second-order valence-electron chi connectivity index (χ2n) is 2.17. The number of hydrogen-bond donors (Lipinski definition) is 1. The van der Waals surface area contributed by atoms with Gasteiger partial charge in [-0.3, -0.25) is 4.98 Å². The Kier molecular flexibility index (Phi) is 1.04. The molecule has 0 atom stereocenters. The molecule has 4 nitrogen and oxygen atoms in total. The van der Waals surface area contributed by atoms with E-state index in [1.165, 1.54) is 0 Å². The third-order valence-electron chi connectivity index (χ3n) is 1.34. The molecule has 2 aromatic rings. The molecule has 0 saturated carbocycles. The van der Waals surface area contributed by atoms with Gasteiger partial charge in [0.25, 0.3) is 0 Å². The Morgan fingerprint density at radius 3 is 3.15 bits per heavy atom. The fourth-order valence-corrected chi connectivity index (χ4v) is 1.06. The predicted octanol–water partition coefficient (Wildman–Crippen LogP) is 1.61. The lowest BCUT2D eigenvalue weighted by atomic mass is 10.3. The Morgan fingerprint density at radius 1 is 1.62 bits per heavy atom. The highest BCUT2D eigenvalue weighted by atomic mass is 79.9. The second-order valence-corrected chi connectivity index (χ2v) is 2.92. The van der Waals surface area contributed by atoms with Gasteiger partial charge in [0, 0.05) is 12.3 Å². The molecule has 0 aliphatic carbocycles. The minimum atomic E-state index is -0.418. The molecule has 0 unspecified atom stereocenters. The van der Waals surface area contributed by atoms with Gasteiger partial charge in [-0.25, -0.2) is 4.98 Å². The van der Waals surface area contributed by atoms with Gasteiger partial charge < -0.3 is 10.3 Å². The van der Waals surface area contributed by atoms with E-state index in [0.717, 1.165) is 4.57 Å². The van der Waals surface area contributed by atoms with Crippen molar-refractivity contribution in [2.75, 3.05) is 5.73 Å². The number of aromatic nitrogens is 3. The first-order chi connectivity index (χ1) is 8.34. The van der Waals surface area contributed by atoms with Crippen LogP contribution in [0, 0.1) is 0 Å². The van der Waals surface area contributed by atoms with Gasteiger partial charge >= 0.3 is 0 Å². The largest absolute Gasteiger partial charge is 0.397 e. The molecule has 0 aromatic carbocycles. The third-order valence-corrected chi connectivity index (χ3v) is 1.69. The quantitative estimate of drug-likeness (QED) is 0.829. The molecule has 0 saturated heterocycles. The van der Waals surface area contributed by atoms with E-state index >= 15 is 0 Å². The molecule has 0 fully saturated rings. The van der Waals surface area contributed by atoms with E-state index in [0.29, 0.717) is 0 Å². The fraction of sp³-hybridized carbons (Fsp3) is 0. The van der Waals surface area contributed by atoms with Gasteiger partial charge in [0.15, 0.2) is 0 Å². The van der Waals surface area contributed by atoms with Crippen molar-refractivity contribution in [1.82, 2.24) is 14.5 Å². The molecule has 2 heterocycles. The van der Waals surface area contributed by atoms with Gasteiger partial charge in [0.1, 0.15) is 12.3 Å². The van der Waals surface area contributed by atoms with E-state index in [9.17, 15) is 0 Å². The lowest BCUT2D eigenvalue weighted by Crippen LogP contribution is -1.97. The Morgan fingerprint density at radius 2 is 2.46 bits per heavy atom. The van der Waals surface area contributed by atoms with Crippen molar-refractivity contribution in [2.24, 2.45) is 0 Å². The number of nitrogens with zero attached hydrogens (tertiary/aromatic N) is 3. The molecule has 0 radical (unpaired) electrons. The number of anilines is 1. The van der Waals surface area contributed by atoms with Crippen LogP contribution in [0.15, 0.2) is 35.5 Å². The molecular formula is C8H7BrN4. The van der Waals surface area contributed by atoms with Crippen molar-refractivity contribution in [1.29, 1.82) is 0 Å². The number of rotatable bonds is 1. The maximum atomic E-state index is 7.73. The molecule has 0 amide bonds. The van der Waals surface area contributed by atoms with Crippen LogP contribution in [0.1, 0.15) is 6.85 Å². The molecule has 0 spiro atoms. The highest BCUT2D eigenvalue weighted by Gasteiger charge is 2.01. The van der Waals surface area contributed by atoms with Crippen molar-refractivity contribution >= 4 is 21.6 Å². The summed E-state index contributed by atoms with van der Waals surface area (Å²) in [6.07, 6.45) is -1.26. The minimum absolute atomic E-state index is 0.0794. The number of halogens is 1. The summed E-state index contributed by atoms with van der Waals surface area (Å²) in [6, 6.07) is -0.343. The normalized spacial score (nSPS) is 15.6. The summed E-state index contributed by atoms with van der Waals surface area (Å²) in [4.78, 5) is 7.24. The van der Waals surface area contributed by atoms with Crippen LogP contribution >= 0.6 is 15.9 Å². The lowest BCUT2D eigenvalue weighted by molar-refractivity contribution is 1.04. The molecule has 13 heavy (non-hydrogen) atoms. The number of pyridine rings is 1. The van der Waals surface area contributed by atoms with Crippen LogP contribution in [0.3, 0.4) is 0 Å². The molecule has 2 N–H and O–H groups in total. The molecular weight excluding hydrogens is 232 g/mol. The first-order valence-corrected chi connectivity index (χ1v) is 4.09. The Bertz CT molecular complexity index is 641. The Labute approximate surface area is 90.6 Å². The monoisotopic (exact) mass is 243 g/mol. The zero-order valence-corrected chi connectivity index (χ0v) is 7.88. The summed E-state index contributed by atoms with van der Waals surface area (Å²) in [5, 5.41) is 0. The summed E-state index contributed by atoms with van der Waals surface area (Å²) in [5.41, 5.74) is 5.41. The van der Waals surface area contributed by atoms with Crippen LogP contribution in [-0.2, 0) is 0 Å². The maximum absolute atomic E-state index is 7.73. The topological polar surface area (TPSA) is 56.7 Å². The van der Waals surface area contributed by atoms with E-state index in [-0.39, 0.29) is 40.7 Å². The van der Waals surface area contributed by atoms with Gasteiger partial charge in [0.05, 0.1) is 23.0 Å². The van der Waals surface area contributed by atoms with E-state index in [2.05, 4.69) is 25.9 Å². The van der Waals surface area contributed by atoms with Crippen LogP contribution in [-0.4, -0.2) is 14.5 Å². The molecule has 5 heteroatoms. The van der Waals surface area contributed by atoms with Crippen LogP contribution in [0.25, 0.3) is 5.69 Å². The SMILES string of the molecule is [2H]c1nc([2H])c(-n2c([2H])nc(Br)c2[2H])c(N)c1[2H]. The van der Waals surface area contributed by atoms with Crippen LogP contribution in [0.2, 0.25) is 0 Å². The molecule has 0 aliphatic rings. The molecule has 0 aliphatic heterocycles. The van der Waals surface area contributed by atoms with Crippen molar-refractivity contribution < 1.29 is 6.85 Å². The standard InChI is InChI=1S/C8H7BrN4/c9-8-4-13(5-12-8)7-3-11-2-1-6(7)10/h1-5H,(H2,10,11)/i1D,2D,3D,4D,5D. The van der Waals surface area contributed by atoms with Crippen LogP contribution < -0.4 is 5.73 Å². The maximum Gasteiger partial charge on any atom is 0.124 e. The highest BCUT2D eigenvalue weighted by Crippen LogP contribution is 2.16. The summed E-state index contributed by atoms with van der Waals surface area (Å²) in [5.74, 6) is 0. The van der Waals surface area contributed by atoms with Gasteiger partial charge in [-0.2, -0.15) is 0 Å². The number of nitrogen functional groups attached to an aromatic ring is 1. The summed E-state index contributed by atoms with van der Waals surface area (Å²) in [6.45, 7) is 0. The third kappa shape index (κ3) is 1.55. The van der Waals surface area contributed by atoms with Crippen LogP contribution in [0.4, 0.5) is 5.69 Å². The number of hydrogen-bond acceptors (Lipinski definition) is 3. The van der Waals surface area contributed by atoms with E-state index in [1.54, 1.807) is 0 Å². The zero-order valence-electron chi connectivity index (χ0n) is 11.3. The average Bonchev–Trinajstić information content (AvgIpc) is 2.53. The zero-order chi connectivity index (χ0) is 13.6. The Balaban J connectivity index is 2.83.